The van der Waals surface area contributed by atoms with Crippen molar-refractivity contribution in [3.05, 3.63) is 29.1 Å². The Kier molecular flexibility index (Phi) is 4.10. The van der Waals surface area contributed by atoms with Gasteiger partial charge in [-0.25, -0.2) is 0 Å². The van der Waals surface area contributed by atoms with E-state index in [4.69, 9.17) is 5.73 Å². The summed E-state index contributed by atoms with van der Waals surface area (Å²) in [6, 6.07) is 8.14. The summed E-state index contributed by atoms with van der Waals surface area (Å²) >= 11 is 1.49. The van der Waals surface area contributed by atoms with Gasteiger partial charge in [-0.2, -0.15) is 0 Å². The molecule has 3 nitrogen and oxygen atoms in total. The number of nitrogens with two attached hydrogens (primary N) is 1. The van der Waals surface area contributed by atoms with Gasteiger partial charge in [-0.05, 0) is 26.3 Å². The first kappa shape index (κ1) is 13.9. The van der Waals surface area contributed by atoms with E-state index in [9.17, 15) is 4.79 Å². The molecule has 0 spiro atoms. The van der Waals surface area contributed by atoms with E-state index in [1.54, 1.807) is 0 Å². The number of hydrogen-bond acceptors (Lipinski definition) is 3. The van der Waals surface area contributed by atoms with E-state index in [1.165, 1.54) is 11.3 Å². The average molecular weight is 276 g/mol. The smallest absolute Gasteiger partial charge is 0.266 e. The molecule has 0 saturated carbocycles. The fourth-order valence-electron chi connectivity index (χ4n) is 2.23. The van der Waals surface area contributed by atoms with Gasteiger partial charge in [0.05, 0.1) is 5.69 Å². The molecule has 0 aliphatic rings. The van der Waals surface area contributed by atoms with Crippen molar-refractivity contribution in [1.29, 1.82) is 0 Å². The van der Waals surface area contributed by atoms with E-state index in [2.05, 4.69) is 13.8 Å². The zero-order valence-electron chi connectivity index (χ0n) is 11.6. The molecular weight excluding hydrogens is 256 g/mol. The molecule has 0 radical (unpaired) electrons. The third kappa shape index (κ3) is 2.45. The molecule has 0 saturated heterocycles. The summed E-state index contributed by atoms with van der Waals surface area (Å²) in [5, 5.41) is 0.982. The molecule has 2 rings (SSSR count). The van der Waals surface area contributed by atoms with E-state index in [-0.39, 0.29) is 11.9 Å². The first-order valence-corrected chi connectivity index (χ1v) is 7.49. The van der Waals surface area contributed by atoms with Crippen molar-refractivity contribution in [2.45, 2.75) is 33.2 Å². The van der Waals surface area contributed by atoms with E-state index >= 15 is 0 Å². The van der Waals surface area contributed by atoms with Gasteiger partial charge in [-0.1, -0.05) is 25.1 Å². The van der Waals surface area contributed by atoms with Crippen molar-refractivity contribution < 1.29 is 4.79 Å². The number of anilines is 1. The van der Waals surface area contributed by atoms with Crippen molar-refractivity contribution >= 4 is 33.0 Å². The number of fused-ring (bicyclic) bond motifs is 1. The molecule has 19 heavy (non-hydrogen) atoms. The molecule has 0 bridgehead atoms. The zero-order valence-corrected chi connectivity index (χ0v) is 12.5. The highest BCUT2D eigenvalue weighted by Crippen LogP contribution is 2.34. The minimum absolute atomic E-state index is 0.0514. The second-order valence-corrected chi connectivity index (χ2v) is 5.74. The Morgan fingerprint density at radius 1 is 1.37 bits per heavy atom. The van der Waals surface area contributed by atoms with Crippen LogP contribution in [0.15, 0.2) is 24.3 Å². The Bertz CT molecular complexity index is 591. The van der Waals surface area contributed by atoms with Crippen LogP contribution in [0, 0.1) is 0 Å². The molecule has 1 aromatic heterocycles. The lowest BCUT2D eigenvalue weighted by Crippen LogP contribution is -2.37. The van der Waals surface area contributed by atoms with Crippen molar-refractivity contribution in [1.82, 2.24) is 4.90 Å². The van der Waals surface area contributed by atoms with Gasteiger partial charge >= 0.3 is 0 Å². The van der Waals surface area contributed by atoms with Crippen LogP contribution in [0.2, 0.25) is 0 Å². The van der Waals surface area contributed by atoms with Crippen molar-refractivity contribution in [2.24, 2.45) is 0 Å². The highest BCUT2D eigenvalue weighted by atomic mass is 32.1. The van der Waals surface area contributed by atoms with Crippen molar-refractivity contribution in [3.8, 4) is 0 Å². The summed E-state index contributed by atoms with van der Waals surface area (Å²) < 4.78 is 1.07. The van der Waals surface area contributed by atoms with Gasteiger partial charge < -0.3 is 10.6 Å². The first-order chi connectivity index (χ1) is 9.10. The summed E-state index contributed by atoms with van der Waals surface area (Å²) in [5.41, 5.74) is 6.75. The second-order valence-electron chi connectivity index (χ2n) is 4.69. The molecule has 1 heterocycles. The highest BCUT2D eigenvalue weighted by Gasteiger charge is 2.23. The number of nitrogen functional groups attached to an aromatic ring is 1. The van der Waals surface area contributed by atoms with Gasteiger partial charge in [0, 0.05) is 22.7 Å². The molecule has 2 aromatic rings. The number of amides is 1. The molecule has 0 aliphatic carbocycles. The standard InChI is InChI=1S/C15H20N2OS/c1-4-10(3)17(5-2)15(18)14-13(16)11-8-6-7-9-12(11)19-14/h6-10H,4-5,16H2,1-3H3. The zero-order chi connectivity index (χ0) is 14.0. The molecule has 1 unspecified atom stereocenters. The van der Waals surface area contributed by atoms with Gasteiger partial charge in [0.2, 0.25) is 0 Å². The van der Waals surface area contributed by atoms with Gasteiger partial charge in [-0.15, -0.1) is 11.3 Å². The summed E-state index contributed by atoms with van der Waals surface area (Å²) in [4.78, 5) is 15.2. The molecule has 1 atom stereocenters. The Morgan fingerprint density at radius 3 is 2.63 bits per heavy atom. The van der Waals surface area contributed by atoms with Crippen LogP contribution in [0.25, 0.3) is 10.1 Å². The minimum atomic E-state index is 0.0514. The maximum atomic E-state index is 12.6. The van der Waals surface area contributed by atoms with Crippen LogP contribution in [-0.4, -0.2) is 23.4 Å². The van der Waals surface area contributed by atoms with E-state index in [0.29, 0.717) is 17.1 Å². The molecule has 1 amide bonds. The van der Waals surface area contributed by atoms with Gasteiger partial charge in [-0.3, -0.25) is 4.79 Å². The third-order valence-corrected chi connectivity index (χ3v) is 4.73. The van der Waals surface area contributed by atoms with Crippen LogP contribution in [0.1, 0.15) is 36.9 Å². The molecule has 1 aromatic carbocycles. The predicted octanol–water partition coefficient (Wildman–Crippen LogP) is 3.74. The van der Waals surface area contributed by atoms with Crippen LogP contribution in [-0.2, 0) is 0 Å². The summed E-state index contributed by atoms with van der Waals surface area (Å²) in [5.74, 6) is 0.0514. The number of thiophene rings is 1. The molecule has 0 aliphatic heterocycles. The maximum absolute atomic E-state index is 12.6. The fourth-order valence-corrected chi connectivity index (χ4v) is 3.31. The van der Waals surface area contributed by atoms with Crippen LogP contribution in [0.5, 0.6) is 0 Å². The summed E-state index contributed by atoms with van der Waals surface area (Å²) in [6.07, 6.45) is 0.949. The maximum Gasteiger partial charge on any atom is 0.266 e. The lowest BCUT2D eigenvalue weighted by molar-refractivity contribution is 0.0706. The number of carbonyl (C=O) groups is 1. The van der Waals surface area contributed by atoms with Crippen LogP contribution in [0.4, 0.5) is 5.69 Å². The van der Waals surface area contributed by atoms with Gasteiger partial charge in [0.25, 0.3) is 5.91 Å². The number of nitrogens with zero attached hydrogens (tertiary/aromatic N) is 1. The van der Waals surface area contributed by atoms with Crippen LogP contribution < -0.4 is 5.73 Å². The normalized spacial score (nSPS) is 12.6. The van der Waals surface area contributed by atoms with Crippen molar-refractivity contribution in [2.75, 3.05) is 12.3 Å². The lowest BCUT2D eigenvalue weighted by Gasteiger charge is -2.26. The molecular formula is C15H20N2OS. The Hall–Kier alpha value is -1.55. The number of hydrogen-bond donors (Lipinski definition) is 1. The Labute approximate surface area is 118 Å². The van der Waals surface area contributed by atoms with Crippen molar-refractivity contribution in [3.63, 3.8) is 0 Å². The van der Waals surface area contributed by atoms with E-state index < -0.39 is 0 Å². The first-order valence-electron chi connectivity index (χ1n) is 6.68. The van der Waals surface area contributed by atoms with E-state index in [0.717, 1.165) is 16.5 Å². The lowest BCUT2D eigenvalue weighted by atomic mass is 10.2. The molecule has 102 valence electrons. The number of carbonyl (C=O) groups excluding carboxylic acids is 1. The third-order valence-electron chi connectivity index (χ3n) is 3.55. The van der Waals surface area contributed by atoms with E-state index in [1.807, 2.05) is 36.1 Å². The summed E-state index contributed by atoms with van der Waals surface area (Å²) in [7, 11) is 0. The highest BCUT2D eigenvalue weighted by molar-refractivity contribution is 7.21. The topological polar surface area (TPSA) is 46.3 Å². The quantitative estimate of drug-likeness (QED) is 0.924. The second kappa shape index (κ2) is 5.61. The van der Waals surface area contributed by atoms with Crippen LogP contribution >= 0.6 is 11.3 Å². The molecule has 0 fully saturated rings. The molecule has 4 heteroatoms. The predicted molar refractivity (Wildman–Crippen MR) is 82.7 cm³/mol. The SMILES string of the molecule is CCC(C)N(CC)C(=O)c1sc2ccccc2c1N. The summed E-state index contributed by atoms with van der Waals surface area (Å²) in [6.45, 7) is 6.88. The Morgan fingerprint density at radius 2 is 2.05 bits per heavy atom. The Balaban J connectivity index is 2.43. The average Bonchev–Trinajstić information content (AvgIpc) is 2.77. The minimum Gasteiger partial charge on any atom is -0.397 e. The fraction of sp³-hybridized carbons (Fsp3) is 0.400. The number of benzene rings is 1. The largest absolute Gasteiger partial charge is 0.397 e. The monoisotopic (exact) mass is 276 g/mol. The van der Waals surface area contributed by atoms with Gasteiger partial charge in [0.15, 0.2) is 0 Å². The van der Waals surface area contributed by atoms with Gasteiger partial charge in [0.1, 0.15) is 4.88 Å². The number of rotatable bonds is 4. The van der Waals surface area contributed by atoms with Crippen LogP contribution in [0.3, 0.4) is 0 Å². The molecule has 2 N–H and O–H groups in total.